The summed E-state index contributed by atoms with van der Waals surface area (Å²) in [6.07, 6.45) is 7.11. The summed E-state index contributed by atoms with van der Waals surface area (Å²) >= 11 is 0. The molecule has 50 heavy (non-hydrogen) atoms. The van der Waals surface area contributed by atoms with Gasteiger partial charge in [0.1, 0.15) is 23.4 Å². The van der Waals surface area contributed by atoms with Crippen molar-refractivity contribution in [2.45, 2.75) is 39.7 Å². The molecule has 2 aliphatic rings. The van der Waals surface area contributed by atoms with Crippen molar-refractivity contribution in [3.63, 3.8) is 0 Å². The molecule has 7 rings (SSSR count). The van der Waals surface area contributed by atoms with Crippen molar-refractivity contribution >= 4 is 34.2 Å². The molecule has 1 aromatic carbocycles. The van der Waals surface area contributed by atoms with E-state index in [1.54, 1.807) is 38.8 Å². The highest BCUT2D eigenvalue weighted by Crippen LogP contribution is 2.29. The SMILES string of the molecule is CCN(C(=O)[C@@H]1CCN(CC(=O)N2CC=C(c3ccc(-c4ncn(C)n4)cc3)CC2)C1)c1ccc2[nH]nc(-c3ccc(=O)n(C(C)C)c3)c2n1. The van der Waals surface area contributed by atoms with Crippen LogP contribution in [0.5, 0.6) is 0 Å². The van der Waals surface area contributed by atoms with Gasteiger partial charge in [0.2, 0.25) is 11.8 Å². The molecular formula is C37H42N10O3. The van der Waals surface area contributed by atoms with Crippen molar-refractivity contribution in [1.82, 2.24) is 44.3 Å². The number of amides is 2. The monoisotopic (exact) mass is 674 g/mol. The van der Waals surface area contributed by atoms with Crippen LogP contribution in [0, 0.1) is 5.92 Å². The van der Waals surface area contributed by atoms with Crippen LogP contribution < -0.4 is 10.5 Å². The number of nitrogens with zero attached hydrogens (tertiary/aromatic N) is 9. The lowest BCUT2D eigenvalue weighted by Crippen LogP contribution is -2.42. The number of anilines is 1. The van der Waals surface area contributed by atoms with Gasteiger partial charge in [-0.2, -0.15) is 10.2 Å². The molecule has 4 aromatic heterocycles. The van der Waals surface area contributed by atoms with E-state index < -0.39 is 0 Å². The van der Waals surface area contributed by atoms with Crippen molar-refractivity contribution in [2.24, 2.45) is 13.0 Å². The zero-order valence-corrected chi connectivity index (χ0v) is 28.9. The molecule has 0 bridgehead atoms. The molecule has 1 N–H and O–H groups in total. The van der Waals surface area contributed by atoms with Crippen molar-refractivity contribution in [3.8, 4) is 22.6 Å². The van der Waals surface area contributed by atoms with Gasteiger partial charge in [0.05, 0.1) is 18.0 Å². The first-order valence-electron chi connectivity index (χ1n) is 17.2. The highest BCUT2D eigenvalue weighted by molar-refractivity contribution is 5.97. The van der Waals surface area contributed by atoms with Gasteiger partial charge in [-0.3, -0.25) is 34.0 Å². The van der Waals surface area contributed by atoms with E-state index in [1.807, 2.05) is 57.0 Å². The summed E-state index contributed by atoms with van der Waals surface area (Å²) in [5, 5.41) is 11.9. The lowest BCUT2D eigenvalue weighted by atomic mass is 9.98. The number of hydrogen-bond donors (Lipinski definition) is 1. The number of aromatic amines is 1. The van der Waals surface area contributed by atoms with Gasteiger partial charge in [-0.25, -0.2) is 9.97 Å². The zero-order chi connectivity index (χ0) is 34.9. The zero-order valence-electron chi connectivity index (χ0n) is 28.9. The number of fused-ring (bicyclic) bond motifs is 1. The van der Waals surface area contributed by atoms with Gasteiger partial charge in [-0.05, 0) is 69.5 Å². The smallest absolute Gasteiger partial charge is 0.250 e. The van der Waals surface area contributed by atoms with E-state index in [-0.39, 0.29) is 29.3 Å². The Morgan fingerprint density at radius 1 is 1.02 bits per heavy atom. The molecule has 1 saturated heterocycles. The van der Waals surface area contributed by atoms with Crippen LogP contribution in [-0.4, -0.2) is 95.4 Å². The Labute approximate surface area is 290 Å². The number of carbonyl (C=O) groups is 2. The van der Waals surface area contributed by atoms with Crippen LogP contribution >= 0.6 is 0 Å². The second-order valence-corrected chi connectivity index (χ2v) is 13.3. The predicted molar refractivity (Wildman–Crippen MR) is 192 cm³/mol. The van der Waals surface area contributed by atoms with Gasteiger partial charge in [0.25, 0.3) is 5.56 Å². The minimum atomic E-state index is -0.226. The minimum absolute atomic E-state index is 0.000940. The van der Waals surface area contributed by atoms with E-state index in [4.69, 9.17) is 4.98 Å². The van der Waals surface area contributed by atoms with Crippen LogP contribution in [-0.2, 0) is 16.6 Å². The highest BCUT2D eigenvalue weighted by Gasteiger charge is 2.34. The largest absolute Gasteiger partial charge is 0.338 e. The van der Waals surface area contributed by atoms with Crippen molar-refractivity contribution in [3.05, 3.63) is 83.0 Å². The van der Waals surface area contributed by atoms with E-state index >= 15 is 0 Å². The van der Waals surface area contributed by atoms with Crippen molar-refractivity contribution in [1.29, 1.82) is 0 Å². The number of benzene rings is 1. The summed E-state index contributed by atoms with van der Waals surface area (Å²) in [4.78, 5) is 54.4. The van der Waals surface area contributed by atoms with E-state index in [2.05, 4.69) is 43.4 Å². The summed E-state index contributed by atoms with van der Waals surface area (Å²) in [5.41, 5.74) is 6.05. The van der Waals surface area contributed by atoms with E-state index in [0.717, 1.165) is 28.6 Å². The molecule has 1 atom stereocenters. The third kappa shape index (κ3) is 6.60. The average Bonchev–Trinajstić information content (AvgIpc) is 3.89. The molecule has 13 heteroatoms. The molecule has 258 valence electrons. The first-order valence-corrected chi connectivity index (χ1v) is 17.2. The molecule has 2 amide bonds. The Hall–Kier alpha value is -5.43. The highest BCUT2D eigenvalue weighted by atomic mass is 16.2. The van der Waals surface area contributed by atoms with Crippen LogP contribution in [0.2, 0.25) is 0 Å². The Bertz CT molecular complexity index is 2130. The van der Waals surface area contributed by atoms with Gasteiger partial charge in [0, 0.05) is 62.7 Å². The van der Waals surface area contributed by atoms with Crippen LogP contribution in [0.25, 0.3) is 39.3 Å². The molecule has 0 radical (unpaired) electrons. The maximum absolute atomic E-state index is 13.9. The molecule has 1 fully saturated rings. The number of pyridine rings is 2. The normalized spacial score (nSPS) is 16.7. The summed E-state index contributed by atoms with van der Waals surface area (Å²) in [6, 6.07) is 15.3. The topological polar surface area (TPSA) is 138 Å². The van der Waals surface area contributed by atoms with E-state index in [9.17, 15) is 14.4 Å². The summed E-state index contributed by atoms with van der Waals surface area (Å²) in [5.74, 6) is 1.12. The van der Waals surface area contributed by atoms with Gasteiger partial charge >= 0.3 is 0 Å². The maximum atomic E-state index is 13.9. The second-order valence-electron chi connectivity index (χ2n) is 13.3. The lowest BCUT2D eigenvalue weighted by molar-refractivity contribution is -0.132. The number of hydrogen-bond acceptors (Lipinski definition) is 8. The predicted octanol–water partition coefficient (Wildman–Crippen LogP) is 4.15. The van der Waals surface area contributed by atoms with Crippen LogP contribution in [0.4, 0.5) is 5.82 Å². The van der Waals surface area contributed by atoms with Crippen molar-refractivity contribution in [2.75, 3.05) is 44.2 Å². The first-order chi connectivity index (χ1) is 24.2. The fourth-order valence-electron chi connectivity index (χ4n) is 6.87. The molecule has 0 aliphatic carbocycles. The maximum Gasteiger partial charge on any atom is 0.250 e. The number of nitrogens with one attached hydrogen (secondary N) is 1. The fourth-order valence-corrected chi connectivity index (χ4v) is 6.87. The van der Waals surface area contributed by atoms with Crippen LogP contribution in [0.3, 0.4) is 0 Å². The first kappa shape index (κ1) is 33.1. The number of H-pyrrole nitrogens is 1. The van der Waals surface area contributed by atoms with Gasteiger partial charge < -0.3 is 9.47 Å². The third-order valence-corrected chi connectivity index (χ3v) is 9.68. The molecule has 2 aliphatic heterocycles. The summed E-state index contributed by atoms with van der Waals surface area (Å²) < 4.78 is 3.36. The second kappa shape index (κ2) is 13.8. The number of aromatic nitrogens is 7. The Balaban J connectivity index is 0.970. The standard InChI is InChI=1S/C37H42N10O3/c1-5-46(31-12-11-30-35(39-31)34(41-40-30)28-10-13-32(48)47(21-28)24(2)3)37(50)29-14-17-44(20-29)22-33(49)45-18-15-26(16-19-45)25-6-8-27(9-7-25)36-38-23-43(4)42-36/h6-13,15,21,23-24,29H,5,14,16-20,22H2,1-4H3,(H,40,41)/t29-/m1/s1. The summed E-state index contributed by atoms with van der Waals surface area (Å²) in [7, 11) is 1.85. The van der Waals surface area contributed by atoms with Crippen LogP contribution in [0.1, 0.15) is 45.2 Å². The third-order valence-electron chi connectivity index (χ3n) is 9.68. The molecule has 13 nitrogen and oxygen atoms in total. The van der Waals surface area contributed by atoms with E-state index in [1.165, 1.54) is 5.57 Å². The quantitative estimate of drug-likeness (QED) is 0.246. The Morgan fingerprint density at radius 3 is 2.50 bits per heavy atom. The fraction of sp³-hybridized carbons (Fsp3) is 0.378. The molecule has 0 spiro atoms. The number of likely N-dealkylation sites (tertiary alicyclic amines) is 1. The molecule has 0 unspecified atom stereocenters. The molecule has 6 heterocycles. The van der Waals surface area contributed by atoms with Gasteiger partial charge in [-0.1, -0.05) is 30.3 Å². The van der Waals surface area contributed by atoms with Gasteiger partial charge in [-0.15, -0.1) is 0 Å². The number of aryl methyl sites for hydroxylation is 1. The minimum Gasteiger partial charge on any atom is -0.338 e. The Morgan fingerprint density at radius 2 is 1.80 bits per heavy atom. The molecule has 5 aromatic rings. The lowest BCUT2D eigenvalue weighted by Gasteiger charge is -2.29. The molecular weight excluding hydrogens is 632 g/mol. The number of carbonyl (C=O) groups excluding carboxylic acids is 2. The van der Waals surface area contributed by atoms with Crippen LogP contribution in [0.15, 0.2) is 71.9 Å². The van der Waals surface area contributed by atoms with Crippen molar-refractivity contribution < 1.29 is 9.59 Å². The molecule has 0 saturated carbocycles. The average molecular weight is 675 g/mol. The van der Waals surface area contributed by atoms with E-state index in [0.29, 0.717) is 68.5 Å². The van der Waals surface area contributed by atoms with Gasteiger partial charge in [0.15, 0.2) is 5.82 Å². The number of rotatable bonds is 9. The summed E-state index contributed by atoms with van der Waals surface area (Å²) in [6.45, 7) is 9.07. The Kier molecular flexibility index (Phi) is 9.15.